The molecular weight excluding hydrogens is 244 g/mol. The minimum atomic E-state index is -0.398. The van der Waals surface area contributed by atoms with E-state index in [9.17, 15) is 4.79 Å². The van der Waals surface area contributed by atoms with Crippen molar-refractivity contribution in [1.29, 1.82) is 0 Å². The Hall–Kier alpha value is -1.79. The van der Waals surface area contributed by atoms with Gasteiger partial charge in [-0.15, -0.1) is 0 Å². The van der Waals surface area contributed by atoms with Gasteiger partial charge < -0.3 is 4.42 Å². The summed E-state index contributed by atoms with van der Waals surface area (Å²) in [6.45, 7) is 2.16. The lowest BCUT2D eigenvalue weighted by Gasteiger charge is -2.04. The molecule has 90 valence electrons. The second-order valence-corrected chi connectivity index (χ2v) is 3.87. The van der Waals surface area contributed by atoms with Gasteiger partial charge in [-0.1, -0.05) is 11.6 Å². The molecule has 2 rings (SSSR count). The lowest BCUT2D eigenvalue weighted by Crippen LogP contribution is -2.30. The fourth-order valence-electron chi connectivity index (χ4n) is 1.46. The smallest absolute Gasteiger partial charge is 0.268 e. The molecule has 0 aromatic carbocycles. The van der Waals surface area contributed by atoms with Crippen LogP contribution in [0, 0.1) is 6.92 Å². The molecule has 0 saturated heterocycles. The molecule has 1 amide bonds. The number of carbonyl (C=O) groups is 1. The van der Waals surface area contributed by atoms with Gasteiger partial charge in [0.2, 0.25) is 0 Å². The number of rotatable bonds is 3. The first kappa shape index (κ1) is 11.7. The number of hydrogen-bond donors (Lipinski definition) is 2. The Morgan fingerprint density at radius 3 is 3.06 bits per heavy atom. The van der Waals surface area contributed by atoms with Crippen molar-refractivity contribution in [2.75, 3.05) is 0 Å². The van der Waals surface area contributed by atoms with Crippen LogP contribution in [0.3, 0.4) is 0 Å². The quantitative estimate of drug-likeness (QED) is 0.488. The van der Waals surface area contributed by atoms with Gasteiger partial charge in [0.05, 0.1) is 28.7 Å². The van der Waals surface area contributed by atoms with Crippen LogP contribution in [0.25, 0.3) is 0 Å². The van der Waals surface area contributed by atoms with Crippen molar-refractivity contribution in [1.82, 2.24) is 15.2 Å². The molecule has 0 fully saturated rings. The van der Waals surface area contributed by atoms with Crippen LogP contribution in [0.2, 0.25) is 5.02 Å². The van der Waals surface area contributed by atoms with Crippen molar-refractivity contribution in [3.05, 3.63) is 40.6 Å². The molecule has 2 aromatic rings. The van der Waals surface area contributed by atoms with E-state index in [1.165, 1.54) is 6.26 Å². The highest BCUT2D eigenvalue weighted by atomic mass is 35.5. The number of amides is 1. The van der Waals surface area contributed by atoms with E-state index in [2.05, 4.69) is 10.5 Å². The highest BCUT2D eigenvalue weighted by Gasteiger charge is 2.15. The minimum absolute atomic E-state index is 0.328. The molecule has 0 spiro atoms. The van der Waals surface area contributed by atoms with Gasteiger partial charge in [0.1, 0.15) is 12.3 Å². The van der Waals surface area contributed by atoms with Gasteiger partial charge in [-0.25, -0.2) is 5.84 Å². The van der Waals surface area contributed by atoms with E-state index in [4.69, 9.17) is 21.9 Å². The standard InChI is InChI=1S/C10H11ClN4O2/c1-6-8(11)4-13-15(6)5-9-7(2-3-17-9)10(16)14-12/h2-4H,5,12H2,1H3,(H,14,16). The normalized spacial score (nSPS) is 10.5. The van der Waals surface area contributed by atoms with E-state index in [1.54, 1.807) is 16.9 Å². The molecule has 0 unspecified atom stereocenters. The first-order valence-corrected chi connectivity index (χ1v) is 5.26. The fraction of sp³-hybridized carbons (Fsp3) is 0.200. The van der Waals surface area contributed by atoms with E-state index >= 15 is 0 Å². The van der Waals surface area contributed by atoms with E-state index in [1.807, 2.05) is 6.92 Å². The molecule has 0 aliphatic heterocycles. The molecule has 0 aliphatic carbocycles. The molecule has 0 radical (unpaired) electrons. The molecule has 0 saturated carbocycles. The number of furan rings is 1. The van der Waals surface area contributed by atoms with Crippen LogP contribution in [-0.2, 0) is 6.54 Å². The van der Waals surface area contributed by atoms with Gasteiger partial charge >= 0.3 is 0 Å². The number of carbonyl (C=O) groups excluding carboxylic acids is 1. The predicted molar refractivity (Wildman–Crippen MR) is 61.4 cm³/mol. The Labute approximate surface area is 102 Å². The van der Waals surface area contributed by atoms with Crippen molar-refractivity contribution in [3.8, 4) is 0 Å². The van der Waals surface area contributed by atoms with Crippen LogP contribution >= 0.6 is 11.6 Å². The van der Waals surface area contributed by atoms with Crippen molar-refractivity contribution in [2.24, 2.45) is 5.84 Å². The van der Waals surface area contributed by atoms with Gasteiger partial charge in [0.15, 0.2) is 0 Å². The molecule has 0 aliphatic rings. The molecule has 2 aromatic heterocycles. The van der Waals surface area contributed by atoms with Gasteiger partial charge in [-0.3, -0.25) is 14.9 Å². The number of nitrogens with zero attached hydrogens (tertiary/aromatic N) is 2. The average molecular weight is 255 g/mol. The maximum atomic E-state index is 11.4. The van der Waals surface area contributed by atoms with Crippen LogP contribution in [0.1, 0.15) is 21.8 Å². The van der Waals surface area contributed by atoms with Gasteiger partial charge in [0.25, 0.3) is 5.91 Å². The molecule has 3 N–H and O–H groups in total. The van der Waals surface area contributed by atoms with Crippen LogP contribution < -0.4 is 11.3 Å². The number of hydrogen-bond acceptors (Lipinski definition) is 4. The fourth-order valence-corrected chi connectivity index (χ4v) is 1.60. The first-order chi connectivity index (χ1) is 8.13. The van der Waals surface area contributed by atoms with Crippen LogP contribution in [0.15, 0.2) is 22.9 Å². The Balaban J connectivity index is 2.28. The summed E-state index contributed by atoms with van der Waals surface area (Å²) in [5.74, 6) is 5.16. The highest BCUT2D eigenvalue weighted by molar-refractivity contribution is 6.31. The van der Waals surface area contributed by atoms with Crippen LogP contribution in [0.4, 0.5) is 0 Å². The van der Waals surface area contributed by atoms with E-state index < -0.39 is 5.91 Å². The number of nitrogens with one attached hydrogen (secondary N) is 1. The predicted octanol–water partition coefficient (Wildman–Crippen LogP) is 1.09. The summed E-state index contributed by atoms with van der Waals surface area (Å²) < 4.78 is 6.88. The average Bonchev–Trinajstić information content (AvgIpc) is 2.90. The lowest BCUT2D eigenvalue weighted by molar-refractivity contribution is 0.0951. The number of hydrazine groups is 1. The zero-order chi connectivity index (χ0) is 12.4. The molecule has 7 heteroatoms. The Bertz CT molecular complexity index is 546. The largest absolute Gasteiger partial charge is 0.467 e. The molecule has 17 heavy (non-hydrogen) atoms. The molecular formula is C10H11ClN4O2. The van der Waals surface area contributed by atoms with Gasteiger partial charge in [-0.05, 0) is 13.0 Å². The third kappa shape index (κ3) is 2.17. The maximum Gasteiger partial charge on any atom is 0.268 e. The van der Waals surface area contributed by atoms with Crippen LogP contribution in [-0.4, -0.2) is 15.7 Å². The van der Waals surface area contributed by atoms with Crippen molar-refractivity contribution < 1.29 is 9.21 Å². The van der Waals surface area contributed by atoms with Crippen molar-refractivity contribution in [3.63, 3.8) is 0 Å². The third-order valence-corrected chi connectivity index (χ3v) is 2.83. The second-order valence-electron chi connectivity index (χ2n) is 3.47. The van der Waals surface area contributed by atoms with Crippen LogP contribution in [0.5, 0.6) is 0 Å². The summed E-state index contributed by atoms with van der Waals surface area (Å²) in [7, 11) is 0. The summed E-state index contributed by atoms with van der Waals surface area (Å²) >= 11 is 5.89. The zero-order valence-electron chi connectivity index (χ0n) is 9.11. The van der Waals surface area contributed by atoms with Gasteiger partial charge in [-0.2, -0.15) is 5.10 Å². The number of nitrogen functional groups attached to an aromatic ring is 1. The van der Waals surface area contributed by atoms with Crippen molar-refractivity contribution in [2.45, 2.75) is 13.5 Å². The molecule has 0 atom stereocenters. The molecule has 6 nitrogen and oxygen atoms in total. The lowest BCUT2D eigenvalue weighted by atomic mass is 10.2. The number of nitrogens with two attached hydrogens (primary N) is 1. The first-order valence-electron chi connectivity index (χ1n) is 4.88. The summed E-state index contributed by atoms with van der Waals surface area (Å²) in [5, 5.41) is 4.65. The minimum Gasteiger partial charge on any atom is -0.467 e. The third-order valence-electron chi connectivity index (χ3n) is 2.46. The zero-order valence-corrected chi connectivity index (χ0v) is 9.86. The summed E-state index contributed by atoms with van der Waals surface area (Å²) in [5.41, 5.74) is 3.25. The van der Waals surface area contributed by atoms with Crippen molar-refractivity contribution >= 4 is 17.5 Å². The van der Waals surface area contributed by atoms with E-state index in [-0.39, 0.29) is 0 Å². The SMILES string of the molecule is Cc1c(Cl)cnn1Cc1occc1C(=O)NN. The maximum absolute atomic E-state index is 11.4. The molecule has 2 heterocycles. The number of aromatic nitrogens is 2. The molecule has 0 bridgehead atoms. The summed E-state index contributed by atoms with van der Waals surface area (Å²) in [6, 6.07) is 1.55. The Kier molecular flexibility index (Phi) is 3.16. The Morgan fingerprint density at radius 2 is 2.47 bits per heavy atom. The summed E-state index contributed by atoms with van der Waals surface area (Å²) in [6.07, 6.45) is 2.98. The second kappa shape index (κ2) is 4.60. The van der Waals surface area contributed by atoms with E-state index in [0.717, 1.165) is 5.69 Å². The monoisotopic (exact) mass is 254 g/mol. The van der Waals surface area contributed by atoms with E-state index in [0.29, 0.717) is 22.9 Å². The highest BCUT2D eigenvalue weighted by Crippen LogP contribution is 2.17. The number of halogens is 1. The van der Waals surface area contributed by atoms with Gasteiger partial charge in [0, 0.05) is 0 Å². The summed E-state index contributed by atoms with van der Waals surface area (Å²) in [4.78, 5) is 11.4. The topological polar surface area (TPSA) is 86.1 Å². The Morgan fingerprint density at radius 1 is 1.71 bits per heavy atom.